The van der Waals surface area contributed by atoms with Crippen LogP contribution in [0.15, 0.2) is 48.8 Å². The summed E-state index contributed by atoms with van der Waals surface area (Å²) in [6.07, 6.45) is 10.2. The van der Waals surface area contributed by atoms with Gasteiger partial charge in [0.1, 0.15) is 5.82 Å². The summed E-state index contributed by atoms with van der Waals surface area (Å²) in [4.78, 5) is 4.12. The van der Waals surface area contributed by atoms with Crippen molar-refractivity contribution in [1.29, 1.82) is 0 Å². The van der Waals surface area contributed by atoms with E-state index in [1.165, 1.54) is 43.2 Å². The quantitative estimate of drug-likeness (QED) is 0.769. The lowest BCUT2D eigenvalue weighted by molar-refractivity contribution is 0.327. The van der Waals surface area contributed by atoms with E-state index < -0.39 is 0 Å². The van der Waals surface area contributed by atoms with Crippen LogP contribution in [0.1, 0.15) is 49.1 Å². The molecule has 1 nitrogen and oxygen atoms in total. The Morgan fingerprint density at radius 1 is 0.850 bits per heavy atom. The van der Waals surface area contributed by atoms with Crippen LogP contribution in [-0.2, 0) is 0 Å². The van der Waals surface area contributed by atoms with Crippen molar-refractivity contribution in [3.63, 3.8) is 0 Å². The van der Waals surface area contributed by atoms with Crippen LogP contribution in [-0.4, -0.2) is 4.98 Å². The maximum Gasteiger partial charge on any atom is 0.123 e. The SMILES string of the molecule is Fc1ccc([C@@H](c2ccncc2)C2CCCCC2)cc1. The molecule has 2 aromatic rings. The predicted molar refractivity (Wildman–Crippen MR) is 79.1 cm³/mol. The van der Waals surface area contributed by atoms with Gasteiger partial charge in [0, 0.05) is 18.3 Å². The molecule has 1 atom stereocenters. The summed E-state index contributed by atoms with van der Waals surface area (Å²) >= 11 is 0. The molecule has 20 heavy (non-hydrogen) atoms. The number of hydrogen-bond donors (Lipinski definition) is 0. The monoisotopic (exact) mass is 269 g/mol. The van der Waals surface area contributed by atoms with Gasteiger partial charge in [0.2, 0.25) is 0 Å². The van der Waals surface area contributed by atoms with E-state index in [0.29, 0.717) is 11.8 Å². The molecular weight excluding hydrogens is 249 g/mol. The minimum atomic E-state index is -0.161. The second-order valence-electron chi connectivity index (χ2n) is 5.71. The Morgan fingerprint density at radius 3 is 2.10 bits per heavy atom. The van der Waals surface area contributed by atoms with Crippen molar-refractivity contribution in [2.24, 2.45) is 5.92 Å². The van der Waals surface area contributed by atoms with Crippen LogP contribution in [0.25, 0.3) is 0 Å². The summed E-state index contributed by atoms with van der Waals surface area (Å²) in [6, 6.07) is 11.2. The van der Waals surface area contributed by atoms with E-state index in [4.69, 9.17) is 0 Å². The average molecular weight is 269 g/mol. The van der Waals surface area contributed by atoms with Gasteiger partial charge in [0.05, 0.1) is 0 Å². The van der Waals surface area contributed by atoms with Crippen molar-refractivity contribution >= 4 is 0 Å². The minimum Gasteiger partial charge on any atom is -0.265 e. The zero-order valence-corrected chi connectivity index (χ0v) is 11.6. The highest BCUT2D eigenvalue weighted by Gasteiger charge is 2.26. The molecule has 0 spiro atoms. The molecule has 1 saturated carbocycles. The molecule has 0 unspecified atom stereocenters. The molecule has 0 radical (unpaired) electrons. The van der Waals surface area contributed by atoms with Gasteiger partial charge in [0.15, 0.2) is 0 Å². The Balaban J connectivity index is 1.96. The van der Waals surface area contributed by atoms with Crippen LogP contribution in [0.5, 0.6) is 0 Å². The van der Waals surface area contributed by atoms with Gasteiger partial charge in [-0.2, -0.15) is 0 Å². The lowest BCUT2D eigenvalue weighted by Crippen LogP contribution is -2.17. The average Bonchev–Trinajstić information content (AvgIpc) is 2.52. The maximum absolute atomic E-state index is 13.2. The molecule has 104 valence electrons. The summed E-state index contributed by atoms with van der Waals surface area (Å²) in [6.45, 7) is 0. The molecule has 1 aromatic heterocycles. The molecule has 0 aliphatic heterocycles. The molecule has 1 aliphatic rings. The van der Waals surface area contributed by atoms with Crippen molar-refractivity contribution < 1.29 is 4.39 Å². The highest BCUT2D eigenvalue weighted by Crippen LogP contribution is 2.40. The summed E-state index contributed by atoms with van der Waals surface area (Å²) < 4.78 is 13.2. The first-order valence-electron chi connectivity index (χ1n) is 7.50. The third-order valence-electron chi connectivity index (χ3n) is 4.42. The molecule has 0 amide bonds. The fourth-order valence-corrected chi connectivity index (χ4v) is 3.45. The van der Waals surface area contributed by atoms with Crippen LogP contribution in [0.3, 0.4) is 0 Å². The van der Waals surface area contributed by atoms with Gasteiger partial charge in [-0.15, -0.1) is 0 Å². The number of aromatic nitrogens is 1. The van der Waals surface area contributed by atoms with Crippen LogP contribution in [0.4, 0.5) is 4.39 Å². The predicted octanol–water partition coefficient (Wildman–Crippen LogP) is 4.93. The normalized spacial score (nSPS) is 17.9. The van der Waals surface area contributed by atoms with Crippen molar-refractivity contribution in [2.45, 2.75) is 38.0 Å². The van der Waals surface area contributed by atoms with Crippen LogP contribution in [0.2, 0.25) is 0 Å². The van der Waals surface area contributed by atoms with E-state index in [1.807, 2.05) is 24.5 Å². The van der Waals surface area contributed by atoms with Gasteiger partial charge in [-0.25, -0.2) is 4.39 Å². The van der Waals surface area contributed by atoms with E-state index in [1.54, 1.807) is 12.1 Å². The molecule has 1 fully saturated rings. The molecule has 1 heterocycles. The molecule has 1 aliphatic carbocycles. The van der Waals surface area contributed by atoms with Crippen molar-refractivity contribution in [3.8, 4) is 0 Å². The Labute approximate surface area is 119 Å². The lowest BCUT2D eigenvalue weighted by Gasteiger charge is -2.31. The van der Waals surface area contributed by atoms with E-state index in [2.05, 4.69) is 17.1 Å². The largest absolute Gasteiger partial charge is 0.265 e. The molecule has 3 rings (SSSR count). The first-order valence-corrected chi connectivity index (χ1v) is 7.50. The first kappa shape index (κ1) is 13.3. The molecular formula is C18H20FN. The maximum atomic E-state index is 13.2. The minimum absolute atomic E-state index is 0.161. The Hall–Kier alpha value is -1.70. The Morgan fingerprint density at radius 2 is 1.45 bits per heavy atom. The van der Waals surface area contributed by atoms with Gasteiger partial charge in [0.25, 0.3) is 0 Å². The Kier molecular flexibility index (Phi) is 4.10. The van der Waals surface area contributed by atoms with Crippen LogP contribution >= 0.6 is 0 Å². The number of halogens is 1. The van der Waals surface area contributed by atoms with Gasteiger partial charge in [-0.3, -0.25) is 4.98 Å². The van der Waals surface area contributed by atoms with Gasteiger partial charge < -0.3 is 0 Å². The first-order chi connectivity index (χ1) is 9.84. The zero-order chi connectivity index (χ0) is 13.8. The Bertz CT molecular complexity index is 529. The number of nitrogens with zero attached hydrogens (tertiary/aromatic N) is 1. The summed E-state index contributed by atoms with van der Waals surface area (Å²) in [7, 11) is 0. The third-order valence-corrected chi connectivity index (χ3v) is 4.42. The number of hydrogen-bond acceptors (Lipinski definition) is 1. The topological polar surface area (TPSA) is 12.9 Å². The van der Waals surface area contributed by atoms with E-state index >= 15 is 0 Å². The van der Waals surface area contributed by atoms with Crippen molar-refractivity contribution in [1.82, 2.24) is 4.98 Å². The summed E-state index contributed by atoms with van der Waals surface area (Å²) in [5, 5.41) is 0. The van der Waals surface area contributed by atoms with E-state index in [9.17, 15) is 4.39 Å². The van der Waals surface area contributed by atoms with Gasteiger partial charge in [-0.05, 0) is 54.2 Å². The standard InChI is InChI=1S/C18H20FN/c19-17-8-6-15(7-9-17)18(14-4-2-1-3-5-14)16-10-12-20-13-11-16/h6-14,18H,1-5H2/t18-/m0/s1. The fraction of sp³-hybridized carbons (Fsp3) is 0.389. The van der Waals surface area contributed by atoms with E-state index in [0.717, 1.165) is 0 Å². The molecule has 1 aromatic carbocycles. The zero-order valence-electron chi connectivity index (χ0n) is 11.6. The van der Waals surface area contributed by atoms with Crippen LogP contribution < -0.4 is 0 Å². The highest BCUT2D eigenvalue weighted by atomic mass is 19.1. The smallest absolute Gasteiger partial charge is 0.123 e. The molecule has 0 saturated heterocycles. The van der Waals surface area contributed by atoms with Gasteiger partial charge >= 0.3 is 0 Å². The van der Waals surface area contributed by atoms with Gasteiger partial charge in [-0.1, -0.05) is 31.4 Å². The summed E-state index contributed by atoms with van der Waals surface area (Å²) in [5.41, 5.74) is 2.53. The van der Waals surface area contributed by atoms with Crippen LogP contribution in [0, 0.1) is 11.7 Å². The molecule has 0 bridgehead atoms. The number of benzene rings is 1. The molecule has 0 N–H and O–H groups in total. The lowest BCUT2D eigenvalue weighted by atomic mass is 9.74. The fourth-order valence-electron chi connectivity index (χ4n) is 3.45. The third kappa shape index (κ3) is 2.90. The van der Waals surface area contributed by atoms with E-state index in [-0.39, 0.29) is 5.82 Å². The van der Waals surface area contributed by atoms with Crippen molar-refractivity contribution in [3.05, 3.63) is 65.7 Å². The second-order valence-corrected chi connectivity index (χ2v) is 5.71. The number of pyridine rings is 1. The summed E-state index contributed by atoms with van der Waals surface area (Å²) in [5.74, 6) is 0.876. The number of rotatable bonds is 3. The molecule has 2 heteroatoms. The van der Waals surface area contributed by atoms with Crippen molar-refractivity contribution in [2.75, 3.05) is 0 Å². The second kappa shape index (κ2) is 6.17. The highest BCUT2D eigenvalue weighted by molar-refractivity contribution is 5.32.